The summed E-state index contributed by atoms with van der Waals surface area (Å²) in [6, 6.07) is 4.58. The fourth-order valence-electron chi connectivity index (χ4n) is 3.63. The number of nitrogens with one attached hydrogen (secondary N) is 1. The third-order valence-corrected chi connectivity index (χ3v) is 5.12. The van der Waals surface area contributed by atoms with E-state index in [9.17, 15) is 14.7 Å². The smallest absolute Gasteiger partial charge is 0.317 e. The van der Waals surface area contributed by atoms with Gasteiger partial charge in [0, 0.05) is 52.0 Å². The van der Waals surface area contributed by atoms with Gasteiger partial charge in [0.15, 0.2) is 11.4 Å². The van der Waals surface area contributed by atoms with E-state index in [1.807, 2.05) is 0 Å². The van der Waals surface area contributed by atoms with Crippen LogP contribution in [-0.2, 0) is 6.54 Å². The van der Waals surface area contributed by atoms with Gasteiger partial charge in [-0.1, -0.05) is 13.8 Å². The lowest BCUT2D eigenvalue weighted by molar-refractivity contribution is 0.207. The van der Waals surface area contributed by atoms with E-state index in [0.717, 1.165) is 6.54 Å². The molecule has 0 bridgehead atoms. The second kappa shape index (κ2) is 7.56. The van der Waals surface area contributed by atoms with Crippen molar-refractivity contribution in [3.8, 4) is 5.75 Å². The van der Waals surface area contributed by atoms with Crippen molar-refractivity contribution in [1.82, 2.24) is 24.5 Å². The van der Waals surface area contributed by atoms with Crippen LogP contribution in [0.1, 0.15) is 19.5 Å². The molecule has 2 aromatic heterocycles. The molecular formula is C19H27N5O3. The first-order chi connectivity index (χ1) is 12.8. The van der Waals surface area contributed by atoms with Crippen LogP contribution in [-0.4, -0.2) is 63.5 Å². The van der Waals surface area contributed by atoms with Crippen LogP contribution in [0.5, 0.6) is 5.75 Å². The van der Waals surface area contributed by atoms with E-state index in [0.29, 0.717) is 30.6 Å². The summed E-state index contributed by atoms with van der Waals surface area (Å²) >= 11 is 0. The predicted octanol–water partition coefficient (Wildman–Crippen LogP) is 1.13. The molecule has 2 N–H and O–H groups in total. The third-order valence-electron chi connectivity index (χ3n) is 5.12. The van der Waals surface area contributed by atoms with Crippen molar-refractivity contribution in [2.75, 3.05) is 27.2 Å². The molecule has 0 unspecified atom stereocenters. The van der Waals surface area contributed by atoms with Gasteiger partial charge >= 0.3 is 6.03 Å². The van der Waals surface area contributed by atoms with Crippen LogP contribution in [0, 0.1) is 11.8 Å². The molecule has 8 nitrogen and oxygen atoms in total. The van der Waals surface area contributed by atoms with Gasteiger partial charge < -0.3 is 15.3 Å². The zero-order valence-electron chi connectivity index (χ0n) is 16.2. The van der Waals surface area contributed by atoms with E-state index >= 15 is 0 Å². The quantitative estimate of drug-likeness (QED) is 0.838. The van der Waals surface area contributed by atoms with E-state index in [1.165, 1.54) is 21.4 Å². The number of fused-ring (bicyclic) bond motifs is 1. The van der Waals surface area contributed by atoms with Crippen LogP contribution in [0.2, 0.25) is 0 Å². The first-order valence-electron chi connectivity index (χ1n) is 9.16. The Bertz CT molecular complexity index is 893. The Kier molecular flexibility index (Phi) is 5.36. The molecule has 0 radical (unpaired) electrons. The number of pyridine rings is 1. The number of nitrogens with zero attached hydrogens (tertiary/aromatic N) is 4. The van der Waals surface area contributed by atoms with E-state index < -0.39 is 0 Å². The lowest BCUT2D eigenvalue weighted by Crippen LogP contribution is -2.46. The fraction of sp³-hybridized carbons (Fsp3) is 0.526. The molecule has 27 heavy (non-hydrogen) atoms. The molecule has 1 aliphatic heterocycles. The lowest BCUT2D eigenvalue weighted by atomic mass is 9.91. The highest BCUT2D eigenvalue weighted by atomic mass is 16.3. The predicted molar refractivity (Wildman–Crippen MR) is 103 cm³/mol. The minimum absolute atomic E-state index is 0.0194. The summed E-state index contributed by atoms with van der Waals surface area (Å²) in [5, 5.41) is 13.1. The molecule has 2 aromatic rings. The highest BCUT2D eigenvalue weighted by Crippen LogP contribution is 2.26. The standard InChI is InChI=1S/C19H27N5O3/c1-12(2)14-10-23(11-15(14)21-19(27)22(3)4)9-13-8-17(26)24-7-5-6-16(25)18(24)20-13/h5-8,12,14-15,25H,9-11H2,1-4H3,(H,21,27)/t14-,15+/m0/s1. The minimum atomic E-state index is -0.219. The second-order valence-corrected chi connectivity index (χ2v) is 7.73. The van der Waals surface area contributed by atoms with E-state index in [-0.39, 0.29) is 29.0 Å². The minimum Gasteiger partial charge on any atom is -0.504 e. The molecule has 1 aliphatic rings. The van der Waals surface area contributed by atoms with Crippen LogP contribution in [0.4, 0.5) is 4.79 Å². The van der Waals surface area contributed by atoms with Gasteiger partial charge in [0.05, 0.1) is 5.69 Å². The molecule has 8 heteroatoms. The number of likely N-dealkylation sites (tertiary alicyclic amines) is 1. The summed E-state index contributed by atoms with van der Waals surface area (Å²) in [5.41, 5.74) is 0.656. The molecule has 0 aliphatic carbocycles. The Morgan fingerprint density at radius 3 is 2.81 bits per heavy atom. The fourth-order valence-corrected chi connectivity index (χ4v) is 3.63. The zero-order chi connectivity index (χ0) is 19.7. The summed E-state index contributed by atoms with van der Waals surface area (Å²) < 4.78 is 1.33. The average molecular weight is 373 g/mol. The van der Waals surface area contributed by atoms with Gasteiger partial charge in [0.2, 0.25) is 0 Å². The van der Waals surface area contributed by atoms with Crippen molar-refractivity contribution in [3.05, 3.63) is 40.4 Å². The molecule has 2 atom stereocenters. The van der Waals surface area contributed by atoms with Crippen LogP contribution in [0.15, 0.2) is 29.2 Å². The largest absolute Gasteiger partial charge is 0.504 e. The lowest BCUT2D eigenvalue weighted by Gasteiger charge is -2.24. The summed E-state index contributed by atoms with van der Waals surface area (Å²) in [4.78, 5) is 32.6. The molecule has 1 fully saturated rings. The maximum Gasteiger partial charge on any atom is 0.317 e. The molecule has 0 saturated carbocycles. The van der Waals surface area contributed by atoms with Crippen molar-refractivity contribution < 1.29 is 9.90 Å². The summed E-state index contributed by atoms with van der Waals surface area (Å²) in [7, 11) is 3.46. The van der Waals surface area contributed by atoms with E-state index in [1.54, 1.807) is 26.4 Å². The van der Waals surface area contributed by atoms with Gasteiger partial charge in [-0.3, -0.25) is 14.1 Å². The van der Waals surface area contributed by atoms with Crippen LogP contribution in [0.25, 0.3) is 5.65 Å². The van der Waals surface area contributed by atoms with Crippen molar-refractivity contribution in [1.29, 1.82) is 0 Å². The van der Waals surface area contributed by atoms with Gasteiger partial charge in [-0.25, -0.2) is 9.78 Å². The number of urea groups is 1. The Hall–Kier alpha value is -2.61. The number of amides is 2. The number of hydrogen-bond donors (Lipinski definition) is 2. The topological polar surface area (TPSA) is 90.2 Å². The maximum absolute atomic E-state index is 12.3. The molecule has 146 valence electrons. The van der Waals surface area contributed by atoms with Gasteiger partial charge in [-0.15, -0.1) is 0 Å². The summed E-state index contributed by atoms with van der Waals surface area (Å²) in [6.07, 6.45) is 1.59. The Labute approximate surface area is 158 Å². The van der Waals surface area contributed by atoms with Crippen LogP contribution >= 0.6 is 0 Å². The molecular weight excluding hydrogens is 346 g/mol. The van der Waals surface area contributed by atoms with Crippen LogP contribution in [0.3, 0.4) is 0 Å². The van der Waals surface area contributed by atoms with Crippen LogP contribution < -0.4 is 10.9 Å². The number of aromatic hydroxyl groups is 1. The Morgan fingerprint density at radius 1 is 1.41 bits per heavy atom. The highest BCUT2D eigenvalue weighted by Gasteiger charge is 2.36. The molecule has 3 heterocycles. The van der Waals surface area contributed by atoms with E-state index in [4.69, 9.17) is 0 Å². The molecule has 3 rings (SSSR count). The first kappa shape index (κ1) is 19.2. The highest BCUT2D eigenvalue weighted by molar-refractivity contribution is 5.73. The molecule has 0 spiro atoms. The SMILES string of the molecule is CC(C)[C@@H]1CN(Cc2cc(=O)n3cccc(O)c3n2)C[C@H]1NC(=O)N(C)C. The number of carbonyl (C=O) groups is 1. The van der Waals surface area contributed by atoms with Gasteiger partial charge in [0.1, 0.15) is 0 Å². The average Bonchev–Trinajstić information content (AvgIpc) is 2.98. The molecule has 0 aromatic carbocycles. The van der Waals surface area contributed by atoms with Gasteiger partial charge in [-0.2, -0.15) is 0 Å². The van der Waals surface area contributed by atoms with Gasteiger partial charge in [-0.05, 0) is 24.0 Å². The number of rotatable bonds is 4. The van der Waals surface area contributed by atoms with Crippen molar-refractivity contribution >= 4 is 11.7 Å². The number of carbonyl (C=O) groups excluding carboxylic acids is 1. The van der Waals surface area contributed by atoms with Crippen molar-refractivity contribution in [2.45, 2.75) is 26.4 Å². The Morgan fingerprint density at radius 2 is 2.15 bits per heavy atom. The zero-order valence-corrected chi connectivity index (χ0v) is 16.2. The number of hydrogen-bond acceptors (Lipinski definition) is 5. The third kappa shape index (κ3) is 4.05. The normalized spacial score (nSPS) is 20.3. The first-order valence-corrected chi connectivity index (χ1v) is 9.16. The maximum atomic E-state index is 12.3. The van der Waals surface area contributed by atoms with E-state index in [2.05, 4.69) is 29.0 Å². The summed E-state index contributed by atoms with van der Waals surface area (Å²) in [5.74, 6) is 0.722. The van der Waals surface area contributed by atoms with Gasteiger partial charge in [0.25, 0.3) is 5.56 Å². The summed E-state index contributed by atoms with van der Waals surface area (Å²) in [6.45, 7) is 6.32. The molecule has 2 amide bonds. The van der Waals surface area contributed by atoms with Crippen molar-refractivity contribution in [2.24, 2.45) is 11.8 Å². The molecule has 1 saturated heterocycles. The Balaban J connectivity index is 1.80. The number of aromatic nitrogens is 2. The van der Waals surface area contributed by atoms with Crippen molar-refractivity contribution in [3.63, 3.8) is 0 Å². The monoisotopic (exact) mass is 373 g/mol. The second-order valence-electron chi connectivity index (χ2n) is 7.73.